The maximum atomic E-state index is 11.5. The molecule has 0 spiro atoms. The first kappa shape index (κ1) is 15.4. The van der Waals surface area contributed by atoms with Crippen LogP contribution >= 0.6 is 11.3 Å². The Morgan fingerprint density at radius 1 is 1.65 bits per heavy atom. The number of aromatic nitrogens is 1. The van der Waals surface area contributed by atoms with Gasteiger partial charge in [0.1, 0.15) is 0 Å². The van der Waals surface area contributed by atoms with Crippen molar-refractivity contribution in [3.63, 3.8) is 0 Å². The molecule has 2 heterocycles. The molecule has 0 radical (unpaired) electrons. The van der Waals surface area contributed by atoms with Crippen molar-refractivity contribution in [2.24, 2.45) is 11.7 Å². The van der Waals surface area contributed by atoms with Gasteiger partial charge in [0.25, 0.3) is 0 Å². The smallest absolute Gasteiger partial charge is 0.226 e. The molecule has 0 aliphatic carbocycles. The van der Waals surface area contributed by atoms with Gasteiger partial charge in [-0.25, -0.2) is 4.98 Å². The monoisotopic (exact) mass is 296 g/mol. The fourth-order valence-electron chi connectivity index (χ4n) is 2.46. The van der Waals surface area contributed by atoms with Crippen molar-refractivity contribution in [2.45, 2.75) is 45.7 Å². The number of nitrogens with one attached hydrogen (secondary N) is 1. The van der Waals surface area contributed by atoms with E-state index in [2.05, 4.69) is 22.1 Å². The Morgan fingerprint density at radius 3 is 3.15 bits per heavy atom. The molecular formula is C14H24N4OS. The van der Waals surface area contributed by atoms with Gasteiger partial charge in [-0.15, -0.1) is 11.3 Å². The third-order valence-corrected chi connectivity index (χ3v) is 4.61. The van der Waals surface area contributed by atoms with E-state index >= 15 is 0 Å². The number of amides is 1. The molecule has 3 N–H and O–H groups in total. The number of thiazole rings is 1. The summed E-state index contributed by atoms with van der Waals surface area (Å²) in [5.41, 5.74) is 6.04. The second kappa shape index (κ2) is 7.15. The van der Waals surface area contributed by atoms with E-state index in [1.165, 1.54) is 4.88 Å². The Bertz CT molecular complexity index is 448. The Balaban J connectivity index is 1.85. The maximum Gasteiger partial charge on any atom is 0.226 e. The predicted molar refractivity (Wildman–Crippen MR) is 82.7 cm³/mol. The van der Waals surface area contributed by atoms with Crippen LogP contribution in [0.2, 0.25) is 0 Å². The lowest BCUT2D eigenvalue weighted by Gasteiger charge is -2.34. The van der Waals surface area contributed by atoms with Gasteiger partial charge < -0.3 is 11.1 Å². The van der Waals surface area contributed by atoms with Crippen LogP contribution < -0.4 is 11.1 Å². The number of nitrogens with zero attached hydrogens (tertiary/aromatic N) is 2. The number of hydrogen-bond acceptors (Lipinski definition) is 5. The number of rotatable bonds is 5. The highest BCUT2D eigenvalue weighted by molar-refractivity contribution is 7.15. The number of hydrogen-bond donors (Lipinski definition) is 2. The zero-order valence-electron chi connectivity index (χ0n) is 12.3. The topological polar surface area (TPSA) is 71.2 Å². The first-order valence-corrected chi connectivity index (χ1v) is 8.12. The molecule has 6 heteroatoms. The van der Waals surface area contributed by atoms with Gasteiger partial charge in [0, 0.05) is 43.2 Å². The molecule has 2 unspecified atom stereocenters. The lowest BCUT2D eigenvalue weighted by atomic mass is 9.95. The number of likely N-dealkylation sites (tertiary alicyclic amines) is 1. The largest absolute Gasteiger partial charge is 0.327 e. The fourth-order valence-corrected chi connectivity index (χ4v) is 3.33. The van der Waals surface area contributed by atoms with Crippen LogP contribution in [0.1, 0.15) is 38.0 Å². The summed E-state index contributed by atoms with van der Waals surface area (Å²) in [6.45, 7) is 7.19. The molecule has 5 nitrogen and oxygen atoms in total. The van der Waals surface area contributed by atoms with Gasteiger partial charge in [0.2, 0.25) is 5.91 Å². The van der Waals surface area contributed by atoms with Gasteiger partial charge in [-0.05, 0) is 18.8 Å². The fraction of sp³-hybridized carbons (Fsp3) is 0.714. The van der Waals surface area contributed by atoms with Crippen LogP contribution in [0.25, 0.3) is 0 Å². The molecular weight excluding hydrogens is 272 g/mol. The van der Waals surface area contributed by atoms with Crippen LogP contribution in [0.5, 0.6) is 0 Å². The predicted octanol–water partition coefficient (Wildman–Crippen LogP) is 2.05. The van der Waals surface area contributed by atoms with Crippen molar-refractivity contribution < 1.29 is 4.79 Å². The molecule has 20 heavy (non-hydrogen) atoms. The summed E-state index contributed by atoms with van der Waals surface area (Å²) in [5, 5.41) is 3.55. The van der Waals surface area contributed by atoms with Gasteiger partial charge in [-0.1, -0.05) is 13.8 Å². The molecule has 2 rings (SSSR count). The van der Waals surface area contributed by atoms with Crippen molar-refractivity contribution in [1.82, 2.24) is 9.88 Å². The number of nitrogens with two attached hydrogens (primary N) is 1. The Kier molecular flexibility index (Phi) is 5.51. The molecule has 1 fully saturated rings. The lowest BCUT2D eigenvalue weighted by Crippen LogP contribution is -2.45. The van der Waals surface area contributed by atoms with Crippen LogP contribution in [0, 0.1) is 5.92 Å². The standard InChI is InChI=1S/C14H24N4OS/c1-3-4-13(19)17-14-16-7-11(20-14)9-18-6-5-12(15)10(2)8-18/h7,10,12H,3-6,8-9,15H2,1-2H3,(H,16,17,19). The average Bonchev–Trinajstić information content (AvgIpc) is 2.81. The first-order chi connectivity index (χ1) is 9.58. The van der Waals surface area contributed by atoms with Crippen molar-refractivity contribution >= 4 is 22.4 Å². The van der Waals surface area contributed by atoms with E-state index in [9.17, 15) is 4.79 Å². The molecule has 0 saturated carbocycles. The van der Waals surface area contributed by atoms with Crippen LogP contribution in [-0.4, -0.2) is 34.9 Å². The van der Waals surface area contributed by atoms with Gasteiger partial charge >= 0.3 is 0 Å². The highest BCUT2D eigenvalue weighted by atomic mass is 32.1. The van der Waals surface area contributed by atoms with Gasteiger partial charge in [0.05, 0.1) is 0 Å². The van der Waals surface area contributed by atoms with E-state index in [1.54, 1.807) is 11.3 Å². The van der Waals surface area contributed by atoms with Crippen molar-refractivity contribution in [3.8, 4) is 0 Å². The van der Waals surface area contributed by atoms with E-state index in [0.29, 0.717) is 23.5 Å². The molecule has 1 saturated heterocycles. The Hall–Kier alpha value is -0.980. The highest BCUT2D eigenvalue weighted by Crippen LogP contribution is 2.23. The average molecular weight is 296 g/mol. The summed E-state index contributed by atoms with van der Waals surface area (Å²) in [4.78, 5) is 19.4. The Morgan fingerprint density at radius 2 is 2.45 bits per heavy atom. The van der Waals surface area contributed by atoms with E-state index in [4.69, 9.17) is 5.73 Å². The van der Waals surface area contributed by atoms with E-state index in [1.807, 2.05) is 13.1 Å². The minimum Gasteiger partial charge on any atom is -0.327 e. The molecule has 1 aromatic rings. The second-order valence-corrected chi connectivity index (χ2v) is 6.71. The maximum absolute atomic E-state index is 11.5. The summed E-state index contributed by atoms with van der Waals surface area (Å²) < 4.78 is 0. The lowest BCUT2D eigenvalue weighted by molar-refractivity contribution is -0.116. The highest BCUT2D eigenvalue weighted by Gasteiger charge is 2.23. The quantitative estimate of drug-likeness (QED) is 0.872. The summed E-state index contributed by atoms with van der Waals surface area (Å²) >= 11 is 1.57. The summed E-state index contributed by atoms with van der Waals surface area (Å²) in [6.07, 6.45) is 4.33. The zero-order chi connectivity index (χ0) is 14.5. The zero-order valence-corrected chi connectivity index (χ0v) is 13.1. The van der Waals surface area contributed by atoms with Crippen molar-refractivity contribution in [1.29, 1.82) is 0 Å². The number of carbonyl (C=O) groups is 1. The first-order valence-electron chi connectivity index (χ1n) is 7.31. The summed E-state index contributed by atoms with van der Waals surface area (Å²) in [7, 11) is 0. The second-order valence-electron chi connectivity index (χ2n) is 5.59. The molecule has 2 atom stereocenters. The van der Waals surface area contributed by atoms with Gasteiger partial charge in [-0.3, -0.25) is 9.69 Å². The van der Waals surface area contributed by atoms with Crippen molar-refractivity contribution in [2.75, 3.05) is 18.4 Å². The van der Waals surface area contributed by atoms with Crippen LogP contribution in [-0.2, 0) is 11.3 Å². The van der Waals surface area contributed by atoms with Gasteiger partial charge in [0.15, 0.2) is 5.13 Å². The number of piperidine rings is 1. The van der Waals surface area contributed by atoms with E-state index in [0.717, 1.165) is 32.5 Å². The van der Waals surface area contributed by atoms with Crippen LogP contribution in [0.3, 0.4) is 0 Å². The van der Waals surface area contributed by atoms with E-state index < -0.39 is 0 Å². The molecule has 0 bridgehead atoms. The summed E-state index contributed by atoms with van der Waals surface area (Å²) in [5.74, 6) is 0.589. The van der Waals surface area contributed by atoms with E-state index in [-0.39, 0.29) is 5.91 Å². The third kappa shape index (κ3) is 4.26. The minimum atomic E-state index is 0.0472. The normalized spacial score (nSPS) is 23.8. The number of anilines is 1. The SMILES string of the molecule is CCCC(=O)Nc1ncc(CN2CCC(N)C(C)C2)s1. The molecule has 1 aromatic heterocycles. The van der Waals surface area contributed by atoms with Crippen molar-refractivity contribution in [3.05, 3.63) is 11.1 Å². The molecule has 1 amide bonds. The minimum absolute atomic E-state index is 0.0472. The third-order valence-electron chi connectivity index (χ3n) is 3.71. The molecule has 0 aromatic carbocycles. The number of carbonyl (C=O) groups excluding carboxylic acids is 1. The molecule has 1 aliphatic rings. The molecule has 112 valence electrons. The van der Waals surface area contributed by atoms with Gasteiger partial charge in [-0.2, -0.15) is 0 Å². The molecule has 1 aliphatic heterocycles. The Labute approximate surface area is 124 Å². The summed E-state index contributed by atoms with van der Waals surface area (Å²) in [6, 6.07) is 0.330. The van der Waals surface area contributed by atoms with Crippen LogP contribution in [0.4, 0.5) is 5.13 Å². The van der Waals surface area contributed by atoms with Crippen LogP contribution in [0.15, 0.2) is 6.20 Å².